The summed E-state index contributed by atoms with van der Waals surface area (Å²) in [6.45, 7) is 5.54. The Balaban J connectivity index is 2.07. The number of hydrogen-bond donors (Lipinski definition) is 2. The first-order chi connectivity index (χ1) is 9.17. The van der Waals surface area contributed by atoms with Gasteiger partial charge in [-0.05, 0) is 31.0 Å². The summed E-state index contributed by atoms with van der Waals surface area (Å²) in [5.41, 5.74) is 10.9. The maximum atomic E-state index is 5.53. The average Bonchev–Trinajstić information content (AvgIpc) is 2.95. The summed E-state index contributed by atoms with van der Waals surface area (Å²) >= 11 is 0. The fourth-order valence-corrected chi connectivity index (χ4v) is 2.35. The molecule has 0 radical (unpaired) electrons. The Labute approximate surface area is 111 Å². The summed E-state index contributed by atoms with van der Waals surface area (Å²) in [5.74, 6) is 0.805. The van der Waals surface area contributed by atoms with Crippen molar-refractivity contribution in [2.75, 3.05) is 6.54 Å². The van der Waals surface area contributed by atoms with Gasteiger partial charge >= 0.3 is 0 Å². The van der Waals surface area contributed by atoms with Crippen molar-refractivity contribution in [3.05, 3.63) is 35.8 Å². The van der Waals surface area contributed by atoms with Gasteiger partial charge in [-0.25, -0.2) is 9.97 Å². The van der Waals surface area contributed by atoms with Crippen LogP contribution in [0.4, 0.5) is 0 Å². The molecule has 5 nitrogen and oxygen atoms in total. The van der Waals surface area contributed by atoms with Crippen LogP contribution >= 0.6 is 0 Å². The number of benzene rings is 1. The molecule has 3 rings (SSSR count). The summed E-state index contributed by atoms with van der Waals surface area (Å²) in [5, 5.41) is 0. The maximum Gasteiger partial charge on any atom is 0.158 e. The minimum absolute atomic E-state index is 0.605. The fourth-order valence-electron chi connectivity index (χ4n) is 2.35. The first kappa shape index (κ1) is 11.9. The fraction of sp³-hybridized carbons (Fsp3) is 0.286. The van der Waals surface area contributed by atoms with Crippen molar-refractivity contribution in [2.24, 2.45) is 5.73 Å². The summed E-state index contributed by atoms with van der Waals surface area (Å²) in [6, 6.07) is 4.25. The Morgan fingerprint density at radius 2 is 2.16 bits per heavy atom. The van der Waals surface area contributed by atoms with Crippen molar-refractivity contribution < 1.29 is 0 Å². The number of aryl methyl sites for hydroxylation is 2. The van der Waals surface area contributed by atoms with Crippen LogP contribution in [0, 0.1) is 13.8 Å². The first-order valence-corrected chi connectivity index (χ1v) is 6.36. The van der Waals surface area contributed by atoms with Crippen LogP contribution in [0.5, 0.6) is 0 Å². The van der Waals surface area contributed by atoms with Crippen LogP contribution in [-0.4, -0.2) is 26.1 Å². The van der Waals surface area contributed by atoms with Crippen LogP contribution in [0.1, 0.15) is 11.1 Å². The number of aromatic nitrogens is 4. The third-order valence-electron chi connectivity index (χ3n) is 3.18. The molecule has 0 atom stereocenters. The van der Waals surface area contributed by atoms with Gasteiger partial charge in [-0.3, -0.25) is 0 Å². The number of rotatable bonds is 3. The molecule has 0 aliphatic rings. The van der Waals surface area contributed by atoms with E-state index in [0.717, 1.165) is 29.1 Å². The molecule has 0 fully saturated rings. The van der Waals surface area contributed by atoms with E-state index in [1.165, 1.54) is 11.1 Å². The monoisotopic (exact) mass is 255 g/mol. The summed E-state index contributed by atoms with van der Waals surface area (Å²) in [4.78, 5) is 12.3. The van der Waals surface area contributed by atoms with Gasteiger partial charge in [0.25, 0.3) is 0 Å². The van der Waals surface area contributed by atoms with Crippen molar-refractivity contribution in [1.29, 1.82) is 0 Å². The van der Waals surface area contributed by atoms with Crippen LogP contribution in [0.25, 0.3) is 22.6 Å². The number of nitrogens with one attached hydrogen (secondary N) is 1. The molecule has 1 aromatic carbocycles. The van der Waals surface area contributed by atoms with Crippen molar-refractivity contribution in [3.63, 3.8) is 0 Å². The number of H-pyrrole nitrogens is 1. The molecule has 98 valence electrons. The Hall–Kier alpha value is -2.14. The van der Waals surface area contributed by atoms with Gasteiger partial charge in [-0.2, -0.15) is 0 Å². The Bertz CT molecular complexity index is 723. The number of hydrogen-bond acceptors (Lipinski definition) is 3. The normalized spacial score (nSPS) is 11.3. The van der Waals surface area contributed by atoms with E-state index < -0.39 is 0 Å². The third-order valence-corrected chi connectivity index (χ3v) is 3.18. The lowest BCUT2D eigenvalue weighted by Gasteiger charge is -1.96. The van der Waals surface area contributed by atoms with Crippen LogP contribution in [0.3, 0.4) is 0 Å². The zero-order chi connectivity index (χ0) is 13.4. The molecule has 2 heterocycles. The summed E-state index contributed by atoms with van der Waals surface area (Å²) in [6.07, 6.45) is 3.75. The predicted octanol–water partition coefficient (Wildman–Crippen LogP) is 2.00. The zero-order valence-corrected chi connectivity index (χ0v) is 11.1. The number of imidazole rings is 2. The molecule has 0 spiro atoms. The van der Waals surface area contributed by atoms with Crippen molar-refractivity contribution >= 4 is 11.0 Å². The van der Waals surface area contributed by atoms with E-state index in [0.29, 0.717) is 6.54 Å². The van der Waals surface area contributed by atoms with Gasteiger partial charge in [0, 0.05) is 19.3 Å². The molecule has 0 saturated heterocycles. The highest BCUT2D eigenvalue weighted by Gasteiger charge is 2.10. The maximum absolute atomic E-state index is 5.53. The molecule has 3 aromatic rings. The van der Waals surface area contributed by atoms with E-state index in [1.54, 1.807) is 6.33 Å². The second-order valence-electron chi connectivity index (χ2n) is 4.85. The van der Waals surface area contributed by atoms with Gasteiger partial charge in [-0.15, -0.1) is 0 Å². The van der Waals surface area contributed by atoms with Crippen molar-refractivity contribution in [3.8, 4) is 11.5 Å². The van der Waals surface area contributed by atoms with Crippen LogP contribution < -0.4 is 5.73 Å². The smallest absolute Gasteiger partial charge is 0.158 e. The second-order valence-corrected chi connectivity index (χ2v) is 4.85. The quantitative estimate of drug-likeness (QED) is 0.752. The van der Waals surface area contributed by atoms with Gasteiger partial charge in [0.1, 0.15) is 5.69 Å². The van der Waals surface area contributed by atoms with Gasteiger partial charge in [0.2, 0.25) is 0 Å². The topological polar surface area (TPSA) is 72.5 Å². The van der Waals surface area contributed by atoms with E-state index in [4.69, 9.17) is 5.73 Å². The third kappa shape index (κ3) is 2.13. The Morgan fingerprint density at radius 1 is 1.32 bits per heavy atom. The zero-order valence-electron chi connectivity index (χ0n) is 11.1. The number of aromatic amines is 1. The number of fused-ring (bicyclic) bond motifs is 1. The molecule has 0 amide bonds. The number of nitrogens with two attached hydrogens (primary N) is 1. The second kappa shape index (κ2) is 4.51. The molecule has 0 aliphatic carbocycles. The predicted molar refractivity (Wildman–Crippen MR) is 75.8 cm³/mol. The summed E-state index contributed by atoms with van der Waals surface area (Å²) < 4.78 is 1.97. The lowest BCUT2D eigenvalue weighted by atomic mass is 10.1. The highest BCUT2D eigenvalue weighted by Crippen LogP contribution is 2.22. The molecule has 0 aliphatic heterocycles. The minimum atomic E-state index is 0.605. The van der Waals surface area contributed by atoms with Crippen molar-refractivity contribution in [2.45, 2.75) is 20.4 Å². The molecule has 19 heavy (non-hydrogen) atoms. The summed E-state index contributed by atoms with van der Waals surface area (Å²) in [7, 11) is 0. The van der Waals surface area contributed by atoms with Crippen molar-refractivity contribution in [1.82, 2.24) is 19.5 Å². The highest BCUT2D eigenvalue weighted by atomic mass is 15.1. The molecular formula is C14H17N5. The number of nitrogens with zero attached hydrogens (tertiary/aromatic N) is 3. The van der Waals surface area contributed by atoms with E-state index in [9.17, 15) is 0 Å². The van der Waals surface area contributed by atoms with Crippen LogP contribution in [-0.2, 0) is 6.54 Å². The average molecular weight is 255 g/mol. The van der Waals surface area contributed by atoms with Gasteiger partial charge in [0.05, 0.1) is 17.4 Å². The van der Waals surface area contributed by atoms with E-state index in [2.05, 4.69) is 40.9 Å². The lowest BCUT2D eigenvalue weighted by Crippen LogP contribution is -2.07. The Kier molecular flexibility index (Phi) is 2.83. The van der Waals surface area contributed by atoms with E-state index >= 15 is 0 Å². The first-order valence-electron chi connectivity index (χ1n) is 6.36. The lowest BCUT2D eigenvalue weighted by molar-refractivity contribution is 0.708. The highest BCUT2D eigenvalue weighted by molar-refractivity contribution is 5.82. The molecule has 0 unspecified atom stereocenters. The van der Waals surface area contributed by atoms with Gasteiger partial charge in [-0.1, -0.05) is 6.07 Å². The SMILES string of the molecule is Cc1cc(C)c2nc(-c3cn(CCN)cn3)[nH]c2c1. The van der Waals surface area contributed by atoms with Crippen LogP contribution in [0.15, 0.2) is 24.7 Å². The van der Waals surface area contributed by atoms with Gasteiger partial charge in [0.15, 0.2) is 5.82 Å². The van der Waals surface area contributed by atoms with E-state index in [1.807, 2.05) is 10.8 Å². The largest absolute Gasteiger partial charge is 0.337 e. The molecule has 5 heteroatoms. The van der Waals surface area contributed by atoms with E-state index in [-0.39, 0.29) is 0 Å². The molecule has 0 bridgehead atoms. The van der Waals surface area contributed by atoms with Gasteiger partial charge < -0.3 is 15.3 Å². The molecular weight excluding hydrogens is 238 g/mol. The molecule has 3 N–H and O–H groups in total. The standard InChI is InChI=1S/C14H17N5/c1-9-5-10(2)13-11(6-9)17-14(18-13)12-7-19(4-3-15)8-16-12/h5-8H,3-4,15H2,1-2H3,(H,17,18). The molecule has 2 aromatic heterocycles. The molecule has 0 saturated carbocycles. The minimum Gasteiger partial charge on any atom is -0.337 e. The Morgan fingerprint density at radius 3 is 2.95 bits per heavy atom. The van der Waals surface area contributed by atoms with Crippen LogP contribution in [0.2, 0.25) is 0 Å².